The lowest BCUT2D eigenvalue weighted by Crippen LogP contribution is -2.41. The largest absolute Gasteiger partial charge is 0.484 e. The Morgan fingerprint density at radius 1 is 1.03 bits per heavy atom. The number of aromatic nitrogens is 2. The predicted molar refractivity (Wildman–Crippen MR) is 140 cm³/mol. The summed E-state index contributed by atoms with van der Waals surface area (Å²) in [7, 11) is 0. The number of carbonyl (C=O) groups excluding carboxylic acids is 1. The smallest absolute Gasteiger partial charge is 0.332 e. The lowest BCUT2D eigenvalue weighted by Gasteiger charge is -2.12. The molecule has 0 fully saturated rings. The Morgan fingerprint density at radius 2 is 1.69 bits per heavy atom. The van der Waals surface area contributed by atoms with Crippen LogP contribution in [0.15, 0.2) is 63.1 Å². The third-order valence-corrected chi connectivity index (χ3v) is 5.86. The highest BCUT2D eigenvalue weighted by Crippen LogP contribution is 2.26. The van der Waals surface area contributed by atoms with E-state index in [1.54, 1.807) is 41.0 Å². The number of fused-ring (bicyclic) bond motifs is 1. The van der Waals surface area contributed by atoms with Crippen LogP contribution in [-0.4, -0.2) is 27.4 Å². The fourth-order valence-corrected chi connectivity index (χ4v) is 4.11. The summed E-state index contributed by atoms with van der Waals surface area (Å²) in [5.41, 5.74) is 2.91. The monoisotopic (exact) mass is 484 g/mol. The minimum atomic E-state index is -0.304. The van der Waals surface area contributed by atoms with Crippen LogP contribution in [0.4, 0.5) is 11.5 Å². The number of carbonyl (C=O) groups is 1. The van der Waals surface area contributed by atoms with Gasteiger partial charge in [-0.1, -0.05) is 19.8 Å². The fraction of sp³-hybridized carbons (Fsp3) is 0.286. The number of hydrogen-bond acceptors (Lipinski definition) is 5. The Bertz CT molecular complexity index is 1460. The van der Waals surface area contributed by atoms with Gasteiger partial charge >= 0.3 is 5.69 Å². The molecule has 0 atom stereocenters. The number of nitrogens with one attached hydrogen (secondary N) is 1. The molecule has 0 aliphatic carbocycles. The molecule has 8 heteroatoms. The van der Waals surface area contributed by atoms with Gasteiger partial charge < -0.3 is 10.1 Å². The zero-order chi connectivity index (χ0) is 25.7. The fourth-order valence-electron chi connectivity index (χ4n) is 4.11. The number of rotatable bonds is 9. The summed E-state index contributed by atoms with van der Waals surface area (Å²) in [6.07, 6.45) is 7.17. The second-order valence-electron chi connectivity index (χ2n) is 8.51. The number of aliphatic imine (C=N–C) groups is 1. The molecule has 1 aliphatic rings. The molecule has 36 heavy (non-hydrogen) atoms. The Labute approximate surface area is 209 Å². The Balaban J connectivity index is 1.45. The summed E-state index contributed by atoms with van der Waals surface area (Å²) >= 11 is 0. The summed E-state index contributed by atoms with van der Waals surface area (Å²) in [6.45, 7) is 4.67. The molecule has 0 saturated carbocycles. The molecular formula is C28H28N4O4. The van der Waals surface area contributed by atoms with Gasteiger partial charge in [-0.3, -0.25) is 18.7 Å². The van der Waals surface area contributed by atoms with Gasteiger partial charge in [0.05, 0.1) is 11.3 Å². The first-order valence-corrected chi connectivity index (χ1v) is 12.0. The number of amides is 1. The normalized spacial score (nSPS) is 12.0. The van der Waals surface area contributed by atoms with Crippen LogP contribution in [0, 0.1) is 12.3 Å². The molecule has 0 unspecified atom stereocenters. The van der Waals surface area contributed by atoms with Crippen molar-refractivity contribution in [1.82, 2.24) is 9.13 Å². The molecule has 2 aromatic carbocycles. The van der Waals surface area contributed by atoms with Crippen molar-refractivity contribution < 1.29 is 9.53 Å². The van der Waals surface area contributed by atoms with E-state index >= 15 is 0 Å². The van der Waals surface area contributed by atoms with Crippen molar-refractivity contribution in [2.24, 2.45) is 4.99 Å². The molecule has 184 valence electrons. The Hall–Kier alpha value is -4.38. The lowest BCUT2D eigenvalue weighted by atomic mass is 10.1. The third-order valence-electron chi connectivity index (χ3n) is 5.86. The van der Waals surface area contributed by atoms with Crippen molar-refractivity contribution in [3.8, 4) is 18.1 Å². The quantitative estimate of drug-likeness (QED) is 0.471. The van der Waals surface area contributed by atoms with E-state index in [1.807, 2.05) is 26.0 Å². The van der Waals surface area contributed by atoms with E-state index < -0.39 is 0 Å². The first-order valence-electron chi connectivity index (χ1n) is 12.0. The maximum absolute atomic E-state index is 13.0. The van der Waals surface area contributed by atoms with E-state index in [9.17, 15) is 14.4 Å². The number of ether oxygens (including phenoxy) is 1. The second kappa shape index (κ2) is 10.9. The molecule has 1 amide bonds. The molecule has 0 radical (unpaired) electrons. The molecule has 1 aromatic heterocycles. The van der Waals surface area contributed by atoms with Crippen molar-refractivity contribution in [3.63, 3.8) is 0 Å². The standard InChI is InChI=1S/C28H28N4O4/c1-4-15-31-26-23(27(34)32(16-5-2)28(31)35)17-24(30-26)20-9-13-22(14-10-20)36-18-25(33)29-21-11-7-19(6-3)8-12-21/h3,7-14H,4-5,15-18H2,1-2H3,(H,29,33). The van der Waals surface area contributed by atoms with E-state index in [2.05, 4.69) is 16.2 Å². The van der Waals surface area contributed by atoms with Crippen LogP contribution in [0.25, 0.3) is 0 Å². The van der Waals surface area contributed by atoms with Crippen molar-refractivity contribution >= 4 is 23.1 Å². The van der Waals surface area contributed by atoms with Crippen LogP contribution in [0.2, 0.25) is 0 Å². The van der Waals surface area contributed by atoms with Crippen LogP contribution < -0.4 is 21.3 Å². The van der Waals surface area contributed by atoms with Crippen LogP contribution >= 0.6 is 0 Å². The topological polar surface area (TPSA) is 94.7 Å². The molecule has 1 aliphatic heterocycles. The lowest BCUT2D eigenvalue weighted by molar-refractivity contribution is -0.118. The van der Waals surface area contributed by atoms with Crippen molar-refractivity contribution in [3.05, 3.63) is 86.1 Å². The van der Waals surface area contributed by atoms with Gasteiger partial charge in [0.25, 0.3) is 11.5 Å². The number of anilines is 1. The highest BCUT2D eigenvalue weighted by atomic mass is 16.5. The van der Waals surface area contributed by atoms with Crippen molar-refractivity contribution in [2.45, 2.75) is 46.2 Å². The molecule has 1 N–H and O–H groups in total. The van der Waals surface area contributed by atoms with Gasteiger partial charge in [-0.2, -0.15) is 0 Å². The van der Waals surface area contributed by atoms with Gasteiger partial charge in [-0.05, 0) is 66.9 Å². The molecular weight excluding hydrogens is 456 g/mol. The van der Waals surface area contributed by atoms with Gasteiger partial charge in [0.1, 0.15) is 11.6 Å². The summed E-state index contributed by atoms with van der Waals surface area (Å²) in [5.74, 6) is 3.22. The highest BCUT2D eigenvalue weighted by molar-refractivity contribution is 6.06. The van der Waals surface area contributed by atoms with E-state index in [1.165, 1.54) is 4.57 Å². The Kier molecular flexibility index (Phi) is 7.50. The van der Waals surface area contributed by atoms with Gasteiger partial charge in [0.2, 0.25) is 0 Å². The minimum absolute atomic E-state index is 0.150. The maximum atomic E-state index is 13.0. The molecule has 2 heterocycles. The molecule has 0 spiro atoms. The van der Waals surface area contributed by atoms with Crippen molar-refractivity contribution in [2.75, 3.05) is 11.9 Å². The van der Waals surface area contributed by atoms with Crippen molar-refractivity contribution in [1.29, 1.82) is 0 Å². The molecule has 4 rings (SSSR count). The first-order chi connectivity index (χ1) is 17.4. The van der Waals surface area contributed by atoms with Crippen LogP contribution in [0.3, 0.4) is 0 Å². The van der Waals surface area contributed by atoms with Gasteiger partial charge in [-0.25, -0.2) is 9.79 Å². The van der Waals surface area contributed by atoms with E-state index in [0.29, 0.717) is 48.7 Å². The summed E-state index contributed by atoms with van der Waals surface area (Å²) in [4.78, 5) is 42.8. The van der Waals surface area contributed by atoms with Gasteiger partial charge in [0, 0.05) is 30.8 Å². The van der Waals surface area contributed by atoms with Crippen LogP contribution in [0.1, 0.15) is 43.4 Å². The second-order valence-corrected chi connectivity index (χ2v) is 8.51. The average molecular weight is 485 g/mol. The summed E-state index contributed by atoms with van der Waals surface area (Å²) in [5, 5.41) is 2.76. The van der Waals surface area contributed by atoms with Gasteiger partial charge in [-0.15, -0.1) is 6.42 Å². The number of nitrogens with zero attached hydrogens (tertiary/aromatic N) is 3. The molecule has 3 aromatic rings. The summed E-state index contributed by atoms with van der Waals surface area (Å²) < 4.78 is 8.53. The molecule has 0 bridgehead atoms. The molecule has 0 saturated heterocycles. The highest BCUT2D eigenvalue weighted by Gasteiger charge is 2.25. The van der Waals surface area contributed by atoms with Gasteiger partial charge in [0.15, 0.2) is 6.61 Å². The van der Waals surface area contributed by atoms with Crippen LogP contribution in [0.5, 0.6) is 5.75 Å². The molecule has 8 nitrogen and oxygen atoms in total. The number of hydrogen-bond donors (Lipinski definition) is 1. The van der Waals surface area contributed by atoms with E-state index in [4.69, 9.17) is 11.2 Å². The SMILES string of the molecule is C#Cc1ccc(NC(=O)COc2ccc(C3=Nc4c(c(=O)n(CCC)c(=O)n4CCC)C3)cc2)cc1. The first kappa shape index (κ1) is 24.7. The summed E-state index contributed by atoms with van der Waals surface area (Å²) in [6, 6.07) is 14.2. The Morgan fingerprint density at radius 3 is 2.33 bits per heavy atom. The maximum Gasteiger partial charge on any atom is 0.332 e. The minimum Gasteiger partial charge on any atom is -0.484 e. The number of terminal acetylenes is 1. The number of benzene rings is 2. The van der Waals surface area contributed by atoms with E-state index in [-0.39, 0.29) is 23.8 Å². The zero-order valence-corrected chi connectivity index (χ0v) is 20.4. The zero-order valence-electron chi connectivity index (χ0n) is 20.4. The third kappa shape index (κ3) is 5.15. The average Bonchev–Trinajstić information content (AvgIpc) is 3.34. The van der Waals surface area contributed by atoms with Crippen LogP contribution in [-0.2, 0) is 24.3 Å². The van der Waals surface area contributed by atoms with E-state index in [0.717, 1.165) is 23.3 Å². The predicted octanol–water partition coefficient (Wildman–Crippen LogP) is 3.51.